The van der Waals surface area contributed by atoms with Gasteiger partial charge in [-0.1, -0.05) is 18.5 Å². The van der Waals surface area contributed by atoms with Crippen LogP contribution in [0.3, 0.4) is 0 Å². The predicted octanol–water partition coefficient (Wildman–Crippen LogP) is 3.46. The topological polar surface area (TPSA) is 94.7 Å². The van der Waals surface area contributed by atoms with E-state index >= 15 is 0 Å². The average Bonchev–Trinajstić information content (AvgIpc) is 3.38. The van der Waals surface area contributed by atoms with Crippen LogP contribution in [0, 0.1) is 5.92 Å². The lowest BCUT2D eigenvalue weighted by Crippen LogP contribution is -2.28. The van der Waals surface area contributed by atoms with Crippen molar-refractivity contribution >= 4 is 44.7 Å². The molecule has 3 aromatic heterocycles. The fourth-order valence-corrected chi connectivity index (χ4v) is 5.48. The second-order valence-electron chi connectivity index (χ2n) is 7.76. The van der Waals surface area contributed by atoms with Crippen LogP contribution in [-0.4, -0.2) is 30.2 Å². The van der Waals surface area contributed by atoms with E-state index in [1.54, 1.807) is 29.5 Å². The summed E-state index contributed by atoms with van der Waals surface area (Å²) < 4.78 is 2.90. The molecule has 0 aliphatic heterocycles. The number of hydrogen-bond donors (Lipinski definition) is 1. The number of rotatable bonds is 4. The molecule has 0 saturated carbocycles. The minimum absolute atomic E-state index is 0.147. The third kappa shape index (κ3) is 3.75. The average molecular weight is 455 g/mol. The van der Waals surface area contributed by atoms with Crippen LogP contribution in [0.1, 0.15) is 23.8 Å². The number of fused-ring (bicyclic) bond motifs is 3. The molecular weight excluding hydrogens is 436 g/mol. The Bertz CT molecular complexity index is 1340. The zero-order chi connectivity index (χ0) is 21.5. The van der Waals surface area contributed by atoms with Crippen LogP contribution in [0.25, 0.3) is 15.9 Å². The highest BCUT2D eigenvalue weighted by Crippen LogP contribution is 2.35. The maximum absolute atomic E-state index is 13.1. The van der Waals surface area contributed by atoms with Gasteiger partial charge in [-0.2, -0.15) is 5.10 Å². The Hall–Kier alpha value is -3.04. The minimum Gasteiger partial charge on any atom is -0.323 e. The molecule has 1 amide bonds. The Balaban J connectivity index is 1.44. The number of anilines is 1. The number of hydrogen-bond acceptors (Lipinski definition) is 6. The molecule has 5 rings (SSSR count). The molecule has 3 heterocycles. The minimum atomic E-state index is -0.357. The summed E-state index contributed by atoms with van der Waals surface area (Å²) in [6.45, 7) is 2.08. The van der Waals surface area contributed by atoms with E-state index in [9.17, 15) is 9.59 Å². The van der Waals surface area contributed by atoms with Gasteiger partial charge >= 0.3 is 0 Å². The number of thiophene rings is 1. The lowest BCUT2D eigenvalue weighted by Gasteiger charge is -2.17. The Labute approximate surface area is 186 Å². The van der Waals surface area contributed by atoms with E-state index in [2.05, 4.69) is 27.3 Å². The van der Waals surface area contributed by atoms with Crippen molar-refractivity contribution in [1.29, 1.82) is 0 Å². The number of carbonyl (C=O) groups is 1. The fraction of sp³-hybridized carbons (Fsp3) is 0.286. The third-order valence-corrected chi connectivity index (χ3v) is 6.89. The molecule has 0 spiro atoms. The first-order chi connectivity index (χ1) is 15.0. The van der Waals surface area contributed by atoms with E-state index in [1.807, 2.05) is 0 Å². The fourth-order valence-electron chi connectivity index (χ4n) is 3.96. The first-order valence-electron chi connectivity index (χ1n) is 9.93. The summed E-state index contributed by atoms with van der Waals surface area (Å²) in [4.78, 5) is 36.3. The summed E-state index contributed by atoms with van der Waals surface area (Å²) in [6, 6.07) is 5.08. The lowest BCUT2D eigenvalue weighted by molar-refractivity contribution is -0.116. The summed E-state index contributed by atoms with van der Waals surface area (Å²) in [5.41, 5.74) is 2.03. The second-order valence-corrected chi connectivity index (χ2v) is 9.28. The van der Waals surface area contributed by atoms with Crippen molar-refractivity contribution in [2.24, 2.45) is 5.92 Å². The van der Waals surface area contributed by atoms with Crippen molar-refractivity contribution in [3.05, 3.63) is 63.0 Å². The maximum atomic E-state index is 13.1. The van der Waals surface area contributed by atoms with E-state index in [0.717, 1.165) is 29.7 Å². The smallest absolute Gasteiger partial charge is 0.262 e. The normalized spacial score (nSPS) is 15.7. The van der Waals surface area contributed by atoms with Gasteiger partial charge in [0.05, 0.1) is 23.1 Å². The lowest BCUT2D eigenvalue weighted by atomic mass is 9.89. The van der Waals surface area contributed by atoms with Crippen LogP contribution in [-0.2, 0) is 24.2 Å². The molecule has 158 valence electrons. The van der Waals surface area contributed by atoms with E-state index in [4.69, 9.17) is 11.6 Å². The van der Waals surface area contributed by atoms with Gasteiger partial charge < -0.3 is 5.32 Å². The molecule has 0 fully saturated rings. The quantitative estimate of drug-likeness (QED) is 0.509. The van der Waals surface area contributed by atoms with Gasteiger partial charge in [0.1, 0.15) is 24.0 Å². The molecule has 8 nitrogen and oxygen atoms in total. The zero-order valence-electron chi connectivity index (χ0n) is 16.7. The van der Waals surface area contributed by atoms with Crippen molar-refractivity contribution in [3.8, 4) is 5.69 Å². The number of nitrogens with one attached hydrogen (secondary N) is 1. The van der Waals surface area contributed by atoms with E-state index in [-0.39, 0.29) is 18.0 Å². The molecular formula is C21H19ClN6O2S. The van der Waals surface area contributed by atoms with Crippen LogP contribution in [0.2, 0.25) is 5.02 Å². The van der Waals surface area contributed by atoms with Gasteiger partial charge in [0, 0.05) is 9.90 Å². The van der Waals surface area contributed by atoms with Gasteiger partial charge in [-0.05, 0) is 48.9 Å². The molecule has 0 radical (unpaired) electrons. The number of nitrogens with zero attached hydrogens (tertiary/aromatic N) is 5. The van der Waals surface area contributed by atoms with Gasteiger partial charge in [0.25, 0.3) is 5.56 Å². The van der Waals surface area contributed by atoms with Crippen molar-refractivity contribution in [3.63, 3.8) is 0 Å². The molecule has 1 atom stereocenters. The van der Waals surface area contributed by atoms with Crippen LogP contribution in [0.5, 0.6) is 0 Å². The predicted molar refractivity (Wildman–Crippen MR) is 120 cm³/mol. The number of halogens is 1. The van der Waals surface area contributed by atoms with Crippen LogP contribution < -0.4 is 10.9 Å². The maximum Gasteiger partial charge on any atom is 0.262 e. The van der Waals surface area contributed by atoms with Gasteiger partial charge in [0.2, 0.25) is 5.91 Å². The third-order valence-electron chi connectivity index (χ3n) is 5.49. The summed E-state index contributed by atoms with van der Waals surface area (Å²) in [5, 5.41) is 8.06. The summed E-state index contributed by atoms with van der Waals surface area (Å²) in [5.74, 6) is 0.259. The molecule has 4 aromatic rings. The van der Waals surface area contributed by atoms with Crippen LogP contribution in [0.4, 0.5) is 5.69 Å². The largest absolute Gasteiger partial charge is 0.323 e. The Kier molecular flexibility index (Phi) is 5.07. The van der Waals surface area contributed by atoms with Crippen LogP contribution in [0.15, 0.2) is 42.0 Å². The molecule has 0 bridgehead atoms. The monoisotopic (exact) mass is 454 g/mol. The van der Waals surface area contributed by atoms with E-state index in [0.29, 0.717) is 27.7 Å². The first-order valence-corrected chi connectivity index (χ1v) is 11.1. The van der Waals surface area contributed by atoms with Crippen molar-refractivity contribution in [2.75, 3.05) is 5.32 Å². The van der Waals surface area contributed by atoms with Crippen molar-refractivity contribution < 1.29 is 4.79 Å². The van der Waals surface area contributed by atoms with Crippen molar-refractivity contribution in [2.45, 2.75) is 32.7 Å². The highest BCUT2D eigenvalue weighted by Gasteiger charge is 2.23. The molecule has 1 aliphatic rings. The molecule has 31 heavy (non-hydrogen) atoms. The standard InChI is InChI=1S/C21H19ClN6O2S/c1-12-2-4-14-17(6-12)31-20-19(14)21(30)27(11-24-20)8-18(29)26-15-7-13(22)3-5-16(15)28-10-23-9-25-28/h3,5,7,9-12H,2,4,6,8H2,1H3,(H,26,29). The summed E-state index contributed by atoms with van der Waals surface area (Å²) >= 11 is 7.71. The molecule has 1 aromatic carbocycles. The first kappa shape index (κ1) is 19.9. The molecule has 1 N–H and O–H groups in total. The van der Waals surface area contributed by atoms with Gasteiger partial charge in [-0.15, -0.1) is 11.3 Å². The second kappa shape index (κ2) is 7.90. The number of amides is 1. The van der Waals surface area contributed by atoms with Gasteiger partial charge in [0.15, 0.2) is 0 Å². The SMILES string of the molecule is CC1CCc2c(sc3ncn(CC(=O)Nc4cc(Cl)ccc4-n4cncn4)c(=O)c23)C1. The Morgan fingerprint density at radius 2 is 2.23 bits per heavy atom. The number of aryl methyl sites for hydroxylation is 1. The highest BCUT2D eigenvalue weighted by molar-refractivity contribution is 7.18. The van der Waals surface area contributed by atoms with E-state index < -0.39 is 0 Å². The zero-order valence-corrected chi connectivity index (χ0v) is 18.3. The van der Waals surface area contributed by atoms with Gasteiger partial charge in [-0.25, -0.2) is 14.6 Å². The molecule has 10 heteroatoms. The van der Waals surface area contributed by atoms with Crippen molar-refractivity contribution in [1.82, 2.24) is 24.3 Å². The number of benzene rings is 1. The van der Waals surface area contributed by atoms with E-state index in [1.165, 1.54) is 33.1 Å². The number of carbonyl (C=O) groups excluding carboxylic acids is 1. The molecule has 1 unspecified atom stereocenters. The van der Waals surface area contributed by atoms with Gasteiger partial charge in [-0.3, -0.25) is 14.2 Å². The Morgan fingerprint density at radius 3 is 3.03 bits per heavy atom. The highest BCUT2D eigenvalue weighted by atomic mass is 35.5. The molecule has 1 aliphatic carbocycles. The molecule has 0 saturated heterocycles. The Morgan fingerprint density at radius 1 is 1.35 bits per heavy atom. The summed E-state index contributed by atoms with van der Waals surface area (Å²) in [7, 11) is 0. The number of aromatic nitrogens is 5. The van der Waals surface area contributed by atoms with Crippen LogP contribution >= 0.6 is 22.9 Å². The summed E-state index contributed by atoms with van der Waals surface area (Å²) in [6.07, 6.45) is 7.31.